The van der Waals surface area contributed by atoms with Gasteiger partial charge in [-0.3, -0.25) is 14.4 Å². The number of nitrogens with one attached hydrogen (secondary N) is 2. The molecule has 0 fully saturated rings. The Hall–Kier alpha value is -4.33. The van der Waals surface area contributed by atoms with Crippen LogP contribution in [0.4, 0.5) is 11.4 Å². The Morgan fingerprint density at radius 1 is 0.758 bits per heavy atom. The zero-order valence-electron chi connectivity index (χ0n) is 18.3. The van der Waals surface area contributed by atoms with E-state index in [1.807, 2.05) is 6.92 Å². The van der Waals surface area contributed by atoms with Crippen molar-refractivity contribution >= 4 is 29.2 Å². The third-order valence-electron chi connectivity index (χ3n) is 4.29. The molecule has 0 aliphatic heterocycles. The first-order valence-corrected chi connectivity index (χ1v) is 10.3. The van der Waals surface area contributed by atoms with Gasteiger partial charge in [-0.25, -0.2) is 0 Å². The van der Waals surface area contributed by atoms with Crippen LogP contribution in [-0.4, -0.2) is 31.0 Å². The second kappa shape index (κ2) is 11.3. The maximum atomic E-state index is 12.4. The predicted molar refractivity (Wildman–Crippen MR) is 124 cm³/mol. The molecule has 170 valence electrons. The van der Waals surface area contributed by atoms with E-state index in [2.05, 4.69) is 10.6 Å². The van der Waals surface area contributed by atoms with Gasteiger partial charge in [-0.15, -0.1) is 0 Å². The van der Waals surface area contributed by atoms with Crippen LogP contribution in [0.15, 0.2) is 72.8 Å². The van der Waals surface area contributed by atoms with Crippen molar-refractivity contribution in [3.8, 4) is 17.2 Å². The van der Waals surface area contributed by atoms with E-state index in [1.165, 1.54) is 13.0 Å². The summed E-state index contributed by atoms with van der Waals surface area (Å²) in [5.41, 5.74) is 1.45. The van der Waals surface area contributed by atoms with Gasteiger partial charge in [-0.05, 0) is 73.7 Å². The van der Waals surface area contributed by atoms with Crippen LogP contribution in [0.1, 0.15) is 24.2 Å². The molecule has 3 aromatic carbocycles. The molecule has 3 rings (SSSR count). The van der Waals surface area contributed by atoms with Crippen LogP contribution in [0.2, 0.25) is 0 Å². The van der Waals surface area contributed by atoms with E-state index < -0.39 is 5.97 Å². The summed E-state index contributed by atoms with van der Waals surface area (Å²) in [5, 5.41) is 5.48. The average molecular weight is 448 g/mol. The fourth-order valence-electron chi connectivity index (χ4n) is 2.85. The van der Waals surface area contributed by atoms with Crippen LogP contribution >= 0.6 is 0 Å². The molecule has 0 saturated carbocycles. The Morgan fingerprint density at radius 2 is 1.36 bits per heavy atom. The molecule has 0 heterocycles. The molecule has 33 heavy (non-hydrogen) atoms. The fourth-order valence-corrected chi connectivity index (χ4v) is 2.85. The molecule has 8 nitrogen and oxygen atoms in total. The maximum Gasteiger partial charge on any atom is 0.308 e. The number of rotatable bonds is 9. The molecule has 0 aliphatic rings. The maximum absolute atomic E-state index is 12.4. The Bertz CT molecular complexity index is 1110. The number of hydrogen-bond acceptors (Lipinski definition) is 6. The minimum atomic E-state index is -0.463. The van der Waals surface area contributed by atoms with E-state index in [-0.39, 0.29) is 18.4 Å². The smallest absolute Gasteiger partial charge is 0.308 e. The van der Waals surface area contributed by atoms with Gasteiger partial charge in [0.1, 0.15) is 17.2 Å². The molecular weight excluding hydrogens is 424 g/mol. The third-order valence-corrected chi connectivity index (χ3v) is 4.29. The molecule has 0 spiro atoms. The van der Waals surface area contributed by atoms with Gasteiger partial charge in [0.15, 0.2) is 6.61 Å². The van der Waals surface area contributed by atoms with Crippen LogP contribution in [-0.2, 0) is 9.59 Å². The number of ether oxygens (including phenoxy) is 3. The lowest BCUT2D eigenvalue weighted by atomic mass is 10.2. The van der Waals surface area contributed by atoms with Crippen molar-refractivity contribution in [3.63, 3.8) is 0 Å². The Kier molecular flexibility index (Phi) is 8.02. The van der Waals surface area contributed by atoms with Crippen LogP contribution in [0.3, 0.4) is 0 Å². The number of carbonyl (C=O) groups excluding carboxylic acids is 3. The number of benzene rings is 3. The van der Waals surface area contributed by atoms with Crippen LogP contribution in [0.5, 0.6) is 17.2 Å². The van der Waals surface area contributed by atoms with Crippen molar-refractivity contribution in [2.24, 2.45) is 0 Å². The van der Waals surface area contributed by atoms with Gasteiger partial charge in [0.25, 0.3) is 11.8 Å². The normalized spacial score (nSPS) is 10.1. The van der Waals surface area contributed by atoms with Gasteiger partial charge in [-0.2, -0.15) is 0 Å². The monoisotopic (exact) mass is 448 g/mol. The Balaban J connectivity index is 1.49. The third kappa shape index (κ3) is 7.39. The molecule has 8 heteroatoms. The lowest BCUT2D eigenvalue weighted by Gasteiger charge is -2.10. The zero-order chi connectivity index (χ0) is 23.6. The van der Waals surface area contributed by atoms with E-state index in [1.54, 1.807) is 66.7 Å². The van der Waals surface area contributed by atoms with Gasteiger partial charge in [0.05, 0.1) is 6.61 Å². The molecule has 3 aromatic rings. The topological polar surface area (TPSA) is 103 Å². The lowest BCUT2D eigenvalue weighted by Crippen LogP contribution is -2.20. The summed E-state index contributed by atoms with van der Waals surface area (Å²) in [4.78, 5) is 35.7. The summed E-state index contributed by atoms with van der Waals surface area (Å²) in [7, 11) is 0. The largest absolute Gasteiger partial charge is 0.494 e. The predicted octanol–water partition coefficient (Wildman–Crippen LogP) is 4.28. The lowest BCUT2D eigenvalue weighted by molar-refractivity contribution is -0.131. The molecule has 2 N–H and O–H groups in total. The van der Waals surface area contributed by atoms with Gasteiger partial charge in [-0.1, -0.05) is 6.07 Å². The number of esters is 1. The number of carbonyl (C=O) groups is 3. The summed E-state index contributed by atoms with van der Waals surface area (Å²) in [6.07, 6.45) is 0. The van der Waals surface area contributed by atoms with E-state index >= 15 is 0 Å². The average Bonchev–Trinajstić information content (AvgIpc) is 2.80. The first-order valence-electron chi connectivity index (χ1n) is 10.3. The van der Waals surface area contributed by atoms with E-state index in [0.717, 1.165) is 5.75 Å². The molecule has 0 atom stereocenters. The van der Waals surface area contributed by atoms with Crippen LogP contribution in [0.25, 0.3) is 0 Å². The number of amides is 2. The second-order valence-corrected chi connectivity index (χ2v) is 6.89. The van der Waals surface area contributed by atoms with Crippen molar-refractivity contribution in [3.05, 3.63) is 78.4 Å². The van der Waals surface area contributed by atoms with E-state index in [0.29, 0.717) is 35.0 Å². The Morgan fingerprint density at radius 3 is 1.97 bits per heavy atom. The molecule has 0 unspecified atom stereocenters. The molecular formula is C25H24N2O6. The minimum absolute atomic E-state index is 0.148. The molecule has 0 aliphatic carbocycles. The van der Waals surface area contributed by atoms with Crippen LogP contribution < -0.4 is 24.8 Å². The summed E-state index contributed by atoms with van der Waals surface area (Å²) in [5.74, 6) is 0.450. The molecule has 0 saturated heterocycles. The molecule has 0 aromatic heterocycles. The summed E-state index contributed by atoms with van der Waals surface area (Å²) >= 11 is 0. The van der Waals surface area contributed by atoms with E-state index in [4.69, 9.17) is 14.2 Å². The number of anilines is 2. The van der Waals surface area contributed by atoms with Gasteiger partial charge in [0, 0.05) is 23.9 Å². The van der Waals surface area contributed by atoms with Crippen molar-refractivity contribution in [2.45, 2.75) is 13.8 Å². The molecule has 0 radical (unpaired) electrons. The van der Waals surface area contributed by atoms with Crippen molar-refractivity contribution in [2.75, 3.05) is 23.8 Å². The summed E-state index contributed by atoms with van der Waals surface area (Å²) in [6, 6.07) is 20.0. The highest BCUT2D eigenvalue weighted by Gasteiger charge is 2.09. The first-order chi connectivity index (χ1) is 15.9. The number of hydrogen-bond donors (Lipinski definition) is 2. The van der Waals surface area contributed by atoms with Gasteiger partial charge in [0.2, 0.25) is 0 Å². The highest BCUT2D eigenvalue weighted by molar-refractivity contribution is 6.04. The SMILES string of the molecule is CCOc1ccc(OCC(=O)Nc2ccc(NC(=O)c3cccc(OC(C)=O)c3)cc2)cc1. The molecule has 0 bridgehead atoms. The van der Waals surface area contributed by atoms with Crippen LogP contribution in [0, 0.1) is 0 Å². The van der Waals surface area contributed by atoms with Gasteiger partial charge >= 0.3 is 5.97 Å². The standard InChI is InChI=1S/C25H24N2O6/c1-3-31-21-11-13-22(14-12-21)32-16-24(29)26-19-7-9-20(10-8-19)27-25(30)18-5-4-6-23(15-18)33-17(2)28/h4-15H,3,16H2,1-2H3,(H,26,29)(H,27,30). The first kappa shape index (κ1) is 23.3. The summed E-state index contributed by atoms with van der Waals surface area (Å²) in [6.45, 7) is 3.62. The van der Waals surface area contributed by atoms with Crippen molar-refractivity contribution < 1.29 is 28.6 Å². The zero-order valence-corrected chi connectivity index (χ0v) is 18.3. The Labute approximate surface area is 191 Å². The van der Waals surface area contributed by atoms with Crippen molar-refractivity contribution in [1.29, 1.82) is 0 Å². The van der Waals surface area contributed by atoms with E-state index in [9.17, 15) is 14.4 Å². The van der Waals surface area contributed by atoms with Crippen molar-refractivity contribution in [1.82, 2.24) is 0 Å². The summed E-state index contributed by atoms with van der Waals surface area (Å²) < 4.78 is 15.8. The second-order valence-electron chi connectivity index (χ2n) is 6.89. The quantitative estimate of drug-likeness (QED) is 0.374. The fraction of sp³-hybridized carbons (Fsp3) is 0.160. The van der Waals surface area contributed by atoms with Gasteiger partial charge < -0.3 is 24.8 Å². The molecule has 2 amide bonds. The highest BCUT2D eigenvalue weighted by atomic mass is 16.5. The highest BCUT2D eigenvalue weighted by Crippen LogP contribution is 2.19. The minimum Gasteiger partial charge on any atom is -0.494 e.